The molecule has 1 aliphatic rings. The van der Waals surface area contributed by atoms with Crippen molar-refractivity contribution in [1.29, 1.82) is 0 Å². The van der Waals surface area contributed by atoms with Gasteiger partial charge in [0.2, 0.25) is 11.8 Å². The van der Waals surface area contributed by atoms with Gasteiger partial charge >= 0.3 is 0 Å². The first-order valence-corrected chi connectivity index (χ1v) is 4.66. The van der Waals surface area contributed by atoms with Gasteiger partial charge in [-0.15, -0.1) is 6.42 Å². The average molecular weight is 194 g/mol. The zero-order chi connectivity index (χ0) is 10.7. The molecule has 2 atom stereocenters. The molecule has 0 saturated carbocycles. The van der Waals surface area contributed by atoms with Crippen LogP contribution < -0.4 is 5.32 Å². The highest BCUT2D eigenvalue weighted by atomic mass is 16.2. The van der Waals surface area contributed by atoms with E-state index in [9.17, 15) is 9.59 Å². The number of amides is 2. The Morgan fingerprint density at radius 2 is 2.36 bits per heavy atom. The molecule has 2 amide bonds. The number of rotatable bonds is 2. The van der Waals surface area contributed by atoms with Crippen LogP contribution in [0.2, 0.25) is 0 Å². The van der Waals surface area contributed by atoms with Crippen LogP contribution in [-0.4, -0.2) is 35.3 Å². The number of carbonyl (C=O) groups is 2. The predicted molar refractivity (Wildman–Crippen MR) is 52.2 cm³/mol. The van der Waals surface area contributed by atoms with Crippen LogP contribution in [0.25, 0.3) is 0 Å². The lowest BCUT2D eigenvalue weighted by atomic mass is 10.1. The topological polar surface area (TPSA) is 49.4 Å². The minimum absolute atomic E-state index is 0.0753. The number of nitrogens with zero attached hydrogens (tertiary/aromatic N) is 1. The Kier molecular flexibility index (Phi) is 3.13. The molecule has 1 saturated heterocycles. The molecule has 0 aliphatic carbocycles. The Morgan fingerprint density at radius 3 is 2.86 bits per heavy atom. The summed E-state index contributed by atoms with van der Waals surface area (Å²) in [5.74, 6) is 2.27. The van der Waals surface area contributed by atoms with Crippen molar-refractivity contribution >= 4 is 11.8 Å². The number of piperazine rings is 1. The molecule has 4 heteroatoms. The molecular weight excluding hydrogens is 180 g/mol. The third-order valence-electron chi connectivity index (χ3n) is 2.30. The van der Waals surface area contributed by atoms with Crippen molar-refractivity contribution in [1.82, 2.24) is 10.2 Å². The minimum atomic E-state index is -0.460. The van der Waals surface area contributed by atoms with Gasteiger partial charge in [0, 0.05) is 0 Å². The molecule has 0 spiro atoms. The van der Waals surface area contributed by atoms with E-state index in [1.165, 1.54) is 4.90 Å². The SMILES string of the molecule is C#CC(CC)N1CC(=O)NC(C)C1=O. The van der Waals surface area contributed by atoms with E-state index in [1.54, 1.807) is 6.92 Å². The third kappa shape index (κ3) is 1.87. The Balaban J connectivity index is 2.81. The summed E-state index contributed by atoms with van der Waals surface area (Å²) in [6.45, 7) is 3.64. The average Bonchev–Trinajstić information content (AvgIpc) is 2.15. The van der Waals surface area contributed by atoms with E-state index >= 15 is 0 Å². The number of nitrogens with one attached hydrogen (secondary N) is 1. The van der Waals surface area contributed by atoms with Gasteiger partial charge in [0.25, 0.3) is 0 Å². The fourth-order valence-electron chi connectivity index (χ4n) is 1.52. The molecule has 0 aromatic carbocycles. The van der Waals surface area contributed by atoms with E-state index in [0.29, 0.717) is 6.42 Å². The summed E-state index contributed by atoms with van der Waals surface area (Å²) in [6, 6.07) is -0.727. The summed E-state index contributed by atoms with van der Waals surface area (Å²) in [7, 11) is 0. The first kappa shape index (κ1) is 10.6. The first-order chi connectivity index (χ1) is 6.60. The van der Waals surface area contributed by atoms with Crippen molar-refractivity contribution in [3.63, 3.8) is 0 Å². The van der Waals surface area contributed by atoms with Crippen LogP contribution in [0.5, 0.6) is 0 Å². The second-order valence-corrected chi connectivity index (χ2v) is 3.35. The van der Waals surface area contributed by atoms with Gasteiger partial charge < -0.3 is 10.2 Å². The maximum Gasteiger partial charge on any atom is 0.246 e. The Morgan fingerprint density at radius 1 is 1.71 bits per heavy atom. The summed E-state index contributed by atoms with van der Waals surface area (Å²) in [5, 5.41) is 2.56. The van der Waals surface area contributed by atoms with Crippen LogP contribution in [0.4, 0.5) is 0 Å². The van der Waals surface area contributed by atoms with Crippen LogP contribution in [0.3, 0.4) is 0 Å². The fraction of sp³-hybridized carbons (Fsp3) is 0.600. The van der Waals surface area contributed by atoms with Gasteiger partial charge in [-0.3, -0.25) is 9.59 Å². The van der Waals surface area contributed by atoms with Gasteiger partial charge in [-0.25, -0.2) is 0 Å². The van der Waals surface area contributed by atoms with E-state index in [4.69, 9.17) is 6.42 Å². The van der Waals surface area contributed by atoms with E-state index in [-0.39, 0.29) is 24.4 Å². The lowest BCUT2D eigenvalue weighted by Gasteiger charge is -2.34. The molecule has 2 unspecified atom stereocenters. The van der Waals surface area contributed by atoms with Crippen molar-refractivity contribution in [2.24, 2.45) is 0 Å². The van der Waals surface area contributed by atoms with Crippen LogP contribution in [0, 0.1) is 12.3 Å². The largest absolute Gasteiger partial charge is 0.343 e. The zero-order valence-electron chi connectivity index (χ0n) is 8.41. The van der Waals surface area contributed by atoms with E-state index in [0.717, 1.165) is 0 Å². The number of terminal acetylenes is 1. The molecule has 0 bridgehead atoms. The summed E-state index contributed by atoms with van der Waals surface area (Å²) in [4.78, 5) is 24.3. The maximum absolute atomic E-state index is 11.6. The molecule has 1 fully saturated rings. The molecule has 1 aliphatic heterocycles. The molecule has 14 heavy (non-hydrogen) atoms. The lowest BCUT2D eigenvalue weighted by molar-refractivity contribution is -0.145. The molecule has 4 nitrogen and oxygen atoms in total. The molecule has 0 aromatic rings. The lowest BCUT2D eigenvalue weighted by Crippen LogP contribution is -2.59. The van der Waals surface area contributed by atoms with Crippen molar-refractivity contribution in [3.8, 4) is 12.3 Å². The summed E-state index contributed by atoms with van der Waals surface area (Å²) < 4.78 is 0. The minimum Gasteiger partial charge on any atom is -0.343 e. The predicted octanol–water partition coefficient (Wildman–Crippen LogP) is -0.255. The summed E-state index contributed by atoms with van der Waals surface area (Å²) in [5.41, 5.74) is 0. The number of carbonyl (C=O) groups excluding carboxylic acids is 2. The van der Waals surface area contributed by atoms with Crippen molar-refractivity contribution in [2.75, 3.05) is 6.54 Å². The van der Waals surface area contributed by atoms with Gasteiger partial charge in [0.05, 0.1) is 6.04 Å². The highest BCUT2D eigenvalue weighted by Crippen LogP contribution is 2.09. The van der Waals surface area contributed by atoms with E-state index < -0.39 is 6.04 Å². The highest BCUT2D eigenvalue weighted by molar-refractivity contribution is 5.94. The van der Waals surface area contributed by atoms with Crippen LogP contribution in [0.15, 0.2) is 0 Å². The second-order valence-electron chi connectivity index (χ2n) is 3.35. The second kappa shape index (κ2) is 4.14. The molecule has 1 heterocycles. The van der Waals surface area contributed by atoms with Crippen molar-refractivity contribution in [2.45, 2.75) is 32.4 Å². The normalized spacial score (nSPS) is 24.1. The first-order valence-electron chi connectivity index (χ1n) is 4.66. The summed E-state index contributed by atoms with van der Waals surface area (Å²) >= 11 is 0. The fourth-order valence-corrected chi connectivity index (χ4v) is 1.52. The maximum atomic E-state index is 11.6. The van der Waals surface area contributed by atoms with Gasteiger partial charge in [-0.2, -0.15) is 0 Å². The number of hydrogen-bond acceptors (Lipinski definition) is 2. The third-order valence-corrected chi connectivity index (χ3v) is 2.30. The summed E-state index contributed by atoms with van der Waals surface area (Å²) in [6.07, 6.45) is 5.96. The van der Waals surface area contributed by atoms with Gasteiger partial charge in [-0.1, -0.05) is 12.8 Å². The Hall–Kier alpha value is -1.50. The van der Waals surface area contributed by atoms with Crippen LogP contribution >= 0.6 is 0 Å². The van der Waals surface area contributed by atoms with Gasteiger partial charge in [0.15, 0.2) is 0 Å². The van der Waals surface area contributed by atoms with Crippen LogP contribution in [0.1, 0.15) is 20.3 Å². The van der Waals surface area contributed by atoms with E-state index in [2.05, 4.69) is 11.2 Å². The zero-order valence-corrected chi connectivity index (χ0v) is 8.41. The van der Waals surface area contributed by atoms with Crippen molar-refractivity contribution in [3.05, 3.63) is 0 Å². The Labute approximate surface area is 83.6 Å². The smallest absolute Gasteiger partial charge is 0.246 e. The highest BCUT2D eigenvalue weighted by Gasteiger charge is 2.32. The van der Waals surface area contributed by atoms with Gasteiger partial charge in [-0.05, 0) is 13.3 Å². The standard InChI is InChI=1S/C10H14N2O2/c1-4-8(5-2)12-6-9(13)11-7(3)10(12)14/h1,7-8H,5-6H2,2-3H3,(H,11,13). The molecular formula is C10H14N2O2. The van der Waals surface area contributed by atoms with Crippen molar-refractivity contribution < 1.29 is 9.59 Å². The Bertz CT molecular complexity index is 293. The van der Waals surface area contributed by atoms with E-state index in [1.807, 2.05) is 6.92 Å². The van der Waals surface area contributed by atoms with Gasteiger partial charge in [0.1, 0.15) is 12.6 Å². The molecule has 0 radical (unpaired) electrons. The quantitative estimate of drug-likeness (QED) is 0.616. The molecule has 76 valence electrons. The monoisotopic (exact) mass is 194 g/mol. The molecule has 1 rings (SSSR count). The molecule has 1 N–H and O–H groups in total. The number of hydrogen-bond donors (Lipinski definition) is 1. The molecule has 0 aromatic heterocycles. The van der Waals surface area contributed by atoms with Crippen LogP contribution in [-0.2, 0) is 9.59 Å².